The Labute approximate surface area is 48.1 Å². The summed E-state index contributed by atoms with van der Waals surface area (Å²) < 4.78 is 0. The summed E-state index contributed by atoms with van der Waals surface area (Å²) in [7, 11) is 1.15. The highest BCUT2D eigenvalue weighted by Crippen LogP contribution is 1.75. The fourth-order valence-electron chi connectivity index (χ4n) is 0.470. The Morgan fingerprint density at radius 3 is 2.29 bits per heavy atom. The normalized spacial score (nSPS) is 9.14. The van der Waals surface area contributed by atoms with Crippen molar-refractivity contribution in [1.82, 2.24) is 0 Å². The second kappa shape index (κ2) is 1.94. The molecule has 1 rings (SSSR count). The maximum Gasteiger partial charge on any atom is 1.00 e. The smallest absolute Gasteiger partial charge is 0.0707 e. The average molecular weight is 108 g/mol. The molecule has 0 fully saturated rings. The quantitative estimate of drug-likeness (QED) is 0.396. The average Bonchev–Trinajstić information content (AvgIpc) is 1.69. The van der Waals surface area contributed by atoms with E-state index in [-0.39, 0.29) is 1.43 Å². The second-order valence-corrected chi connectivity index (χ2v) is 2.73. The third-order valence-electron chi connectivity index (χ3n) is 0.885. The van der Waals surface area contributed by atoms with E-state index < -0.39 is 0 Å². The molecule has 0 aliphatic heterocycles. The van der Waals surface area contributed by atoms with Crippen molar-refractivity contribution in [3.63, 3.8) is 0 Å². The molecule has 0 N–H and O–H groups in total. The Hall–Kier alpha value is -0.563. The molecule has 35 valence electrons. The van der Waals surface area contributed by atoms with Crippen LogP contribution in [-0.4, -0.2) is 10.2 Å². The van der Waals surface area contributed by atoms with Gasteiger partial charge in [0, 0.05) is 10.2 Å². The van der Waals surface area contributed by atoms with Crippen molar-refractivity contribution >= 4 is 15.4 Å². The topological polar surface area (TPSA) is 0 Å². The van der Waals surface area contributed by atoms with Crippen LogP contribution in [0.2, 0.25) is 0 Å². The van der Waals surface area contributed by atoms with Gasteiger partial charge in [0.25, 0.3) is 0 Å². The van der Waals surface area contributed by atoms with Crippen molar-refractivity contribution in [1.29, 1.82) is 0 Å². The summed E-state index contributed by atoms with van der Waals surface area (Å²) in [6.07, 6.45) is 0. The van der Waals surface area contributed by atoms with E-state index >= 15 is 0 Å². The standard InChI is InChI=1S/C6H7Si/c7-6-4-2-1-3-5-6/h2-5H,7H3/p+1. The van der Waals surface area contributed by atoms with Crippen LogP contribution in [0.1, 0.15) is 1.43 Å². The van der Waals surface area contributed by atoms with Gasteiger partial charge in [0.15, 0.2) is 0 Å². The fourth-order valence-corrected chi connectivity index (χ4v) is 0.804. The molecule has 0 atom stereocenters. The van der Waals surface area contributed by atoms with Gasteiger partial charge in [0.05, 0.1) is 0 Å². The van der Waals surface area contributed by atoms with E-state index in [2.05, 4.69) is 18.2 Å². The lowest BCUT2D eigenvalue weighted by atomic mass is 10.4. The molecule has 7 heavy (non-hydrogen) atoms. The molecule has 0 bridgehead atoms. The molecule has 1 aromatic rings. The largest absolute Gasteiger partial charge is 1.00 e. The van der Waals surface area contributed by atoms with Crippen molar-refractivity contribution < 1.29 is 1.43 Å². The molecule has 0 amide bonds. The monoisotopic (exact) mass is 108 g/mol. The van der Waals surface area contributed by atoms with Crippen LogP contribution in [-0.2, 0) is 0 Å². The first-order valence-electron chi connectivity index (χ1n) is 2.32. The van der Waals surface area contributed by atoms with Crippen LogP contribution < -0.4 is 5.19 Å². The van der Waals surface area contributed by atoms with E-state index in [4.69, 9.17) is 0 Å². The summed E-state index contributed by atoms with van der Waals surface area (Å²) in [5, 5.41) is 1.43. The van der Waals surface area contributed by atoms with E-state index in [1.807, 2.05) is 12.1 Å². The second-order valence-electron chi connectivity index (χ2n) is 1.58. The zero-order valence-electron chi connectivity index (χ0n) is 5.31. The molecule has 0 saturated carbocycles. The highest BCUT2D eigenvalue weighted by Gasteiger charge is 1.72. The van der Waals surface area contributed by atoms with Crippen molar-refractivity contribution in [2.24, 2.45) is 0 Å². The van der Waals surface area contributed by atoms with Crippen LogP contribution in [0.5, 0.6) is 0 Å². The van der Waals surface area contributed by atoms with Gasteiger partial charge in [0.2, 0.25) is 0 Å². The first-order chi connectivity index (χ1) is 3.39. The molecule has 0 spiro atoms. The predicted octanol–water partition coefficient (Wildman–Crippen LogP) is -0.410. The molecule has 0 unspecified atom stereocenters. The third kappa shape index (κ3) is 1.16. The summed E-state index contributed by atoms with van der Waals surface area (Å²) in [5.74, 6) is 0. The number of rotatable bonds is 0. The van der Waals surface area contributed by atoms with Gasteiger partial charge >= 0.3 is 1.43 Å². The molecule has 0 aromatic heterocycles. The maximum atomic E-state index is 2.96. The van der Waals surface area contributed by atoms with Crippen LogP contribution >= 0.6 is 0 Å². The zero-order valence-corrected chi connectivity index (χ0v) is 6.31. The minimum atomic E-state index is 0. The summed E-state index contributed by atoms with van der Waals surface area (Å²) >= 11 is 0. The number of benzene rings is 1. The molecular formula is C6H8Si+. The van der Waals surface area contributed by atoms with Gasteiger partial charge < -0.3 is 0 Å². The first kappa shape index (κ1) is 4.59. The SMILES string of the molecule is [H+].[SiH3]c1cc[c]cc1. The Balaban J connectivity index is 0.000000490. The molecule has 1 heteroatoms. The van der Waals surface area contributed by atoms with Crippen molar-refractivity contribution in [3.05, 3.63) is 30.3 Å². The van der Waals surface area contributed by atoms with Crippen molar-refractivity contribution in [2.75, 3.05) is 0 Å². The van der Waals surface area contributed by atoms with Gasteiger partial charge in [0.1, 0.15) is 0 Å². The van der Waals surface area contributed by atoms with Crippen molar-refractivity contribution in [3.8, 4) is 0 Å². The van der Waals surface area contributed by atoms with E-state index in [1.165, 1.54) is 5.19 Å². The van der Waals surface area contributed by atoms with Crippen LogP contribution in [0, 0.1) is 6.07 Å². The van der Waals surface area contributed by atoms with E-state index in [9.17, 15) is 0 Å². The van der Waals surface area contributed by atoms with Gasteiger partial charge in [-0.1, -0.05) is 29.5 Å². The summed E-state index contributed by atoms with van der Waals surface area (Å²) in [6.45, 7) is 0. The highest BCUT2D eigenvalue weighted by molar-refractivity contribution is 6.32. The lowest BCUT2D eigenvalue weighted by molar-refractivity contribution is 1.75. The zero-order chi connectivity index (χ0) is 5.11. The first-order valence-corrected chi connectivity index (χ1v) is 3.32. The molecular weight excluding hydrogens is 100 g/mol. The summed E-state index contributed by atoms with van der Waals surface area (Å²) in [4.78, 5) is 0. The Bertz CT molecular complexity index is 138. The van der Waals surface area contributed by atoms with Crippen molar-refractivity contribution in [2.45, 2.75) is 0 Å². The van der Waals surface area contributed by atoms with Gasteiger partial charge in [-0.25, -0.2) is 0 Å². The summed E-state index contributed by atoms with van der Waals surface area (Å²) in [5.41, 5.74) is 0. The molecule has 0 saturated heterocycles. The molecule has 0 aliphatic carbocycles. The fraction of sp³-hybridized carbons (Fsp3) is 0. The molecule has 0 nitrogen and oxygen atoms in total. The predicted molar refractivity (Wildman–Crippen MR) is 36.0 cm³/mol. The van der Waals surface area contributed by atoms with Crippen LogP contribution in [0.4, 0.5) is 0 Å². The van der Waals surface area contributed by atoms with Crippen LogP contribution in [0.25, 0.3) is 0 Å². The molecule has 0 aliphatic rings. The third-order valence-corrected chi connectivity index (χ3v) is 1.55. The van der Waals surface area contributed by atoms with Gasteiger partial charge in [-0.15, -0.1) is 0 Å². The Morgan fingerprint density at radius 1 is 1.43 bits per heavy atom. The van der Waals surface area contributed by atoms with Gasteiger partial charge in [-0.05, 0) is 6.07 Å². The number of hydrogen-bond acceptors (Lipinski definition) is 0. The molecule has 1 radical (unpaired) electrons. The highest BCUT2D eigenvalue weighted by atomic mass is 28.1. The van der Waals surface area contributed by atoms with E-state index in [1.54, 1.807) is 0 Å². The lowest BCUT2D eigenvalue weighted by Gasteiger charge is -1.82. The maximum absolute atomic E-state index is 2.96. The Morgan fingerprint density at radius 2 is 2.00 bits per heavy atom. The minimum Gasteiger partial charge on any atom is -0.0707 e. The molecule has 1 aromatic carbocycles. The van der Waals surface area contributed by atoms with E-state index in [0.717, 1.165) is 10.2 Å². The number of hydrogen-bond donors (Lipinski definition) is 0. The summed E-state index contributed by atoms with van der Waals surface area (Å²) in [6, 6.07) is 11.0. The van der Waals surface area contributed by atoms with Gasteiger partial charge in [-0.2, -0.15) is 0 Å². The molecule has 0 heterocycles. The van der Waals surface area contributed by atoms with Gasteiger partial charge in [-0.3, -0.25) is 0 Å². The van der Waals surface area contributed by atoms with Crippen LogP contribution in [0.15, 0.2) is 24.3 Å². The van der Waals surface area contributed by atoms with Crippen LogP contribution in [0.3, 0.4) is 0 Å². The minimum absolute atomic E-state index is 0. The van der Waals surface area contributed by atoms with E-state index in [0.29, 0.717) is 0 Å². The Kier molecular flexibility index (Phi) is 1.27. The lowest BCUT2D eigenvalue weighted by Crippen LogP contribution is -1.97.